The van der Waals surface area contributed by atoms with Crippen LogP contribution in [0.3, 0.4) is 0 Å². The second kappa shape index (κ2) is 10.1. The number of anilines is 1. The molecule has 9 heteroatoms. The SMILES string of the molecule is COc1ccc(Cl)cc1NC(=O)COC(=O)/C=C/c1c(C)nn(-c2ccc(F)cc2)c1C. The summed E-state index contributed by atoms with van der Waals surface area (Å²) < 4.78 is 25.0. The second-order valence-electron chi connectivity index (χ2n) is 6.81. The number of ether oxygens (including phenoxy) is 2. The summed E-state index contributed by atoms with van der Waals surface area (Å²) in [4.78, 5) is 24.2. The van der Waals surface area contributed by atoms with Crippen LogP contribution in [-0.4, -0.2) is 35.4 Å². The normalized spacial score (nSPS) is 10.9. The van der Waals surface area contributed by atoms with Gasteiger partial charge in [-0.15, -0.1) is 0 Å². The summed E-state index contributed by atoms with van der Waals surface area (Å²) in [6.45, 7) is 3.15. The number of halogens is 2. The van der Waals surface area contributed by atoms with Crippen molar-refractivity contribution < 1.29 is 23.5 Å². The molecule has 0 bridgehead atoms. The first-order chi connectivity index (χ1) is 15.3. The van der Waals surface area contributed by atoms with E-state index in [0.717, 1.165) is 11.3 Å². The lowest BCUT2D eigenvalue weighted by molar-refractivity contribution is -0.142. The highest BCUT2D eigenvalue weighted by molar-refractivity contribution is 6.31. The van der Waals surface area contributed by atoms with Crippen LogP contribution < -0.4 is 10.1 Å². The summed E-state index contributed by atoms with van der Waals surface area (Å²) in [5.41, 5.74) is 3.24. The molecule has 1 N–H and O–H groups in total. The van der Waals surface area contributed by atoms with Gasteiger partial charge in [0.1, 0.15) is 11.6 Å². The number of hydrogen-bond donors (Lipinski definition) is 1. The smallest absolute Gasteiger partial charge is 0.331 e. The van der Waals surface area contributed by atoms with Crippen molar-refractivity contribution in [2.75, 3.05) is 19.0 Å². The first kappa shape index (κ1) is 23.0. The maximum Gasteiger partial charge on any atom is 0.331 e. The Morgan fingerprint density at radius 1 is 1.19 bits per heavy atom. The highest BCUT2D eigenvalue weighted by Crippen LogP contribution is 2.27. The quantitative estimate of drug-likeness (QED) is 0.417. The molecule has 0 spiro atoms. The number of nitrogens with zero attached hydrogens (tertiary/aromatic N) is 2. The molecule has 2 aromatic carbocycles. The molecule has 0 aliphatic rings. The number of nitrogens with one attached hydrogen (secondary N) is 1. The molecular weight excluding hydrogens is 437 g/mol. The van der Waals surface area contributed by atoms with Crippen LogP contribution in [0.25, 0.3) is 11.8 Å². The number of amides is 1. The van der Waals surface area contributed by atoms with E-state index < -0.39 is 18.5 Å². The third-order valence-electron chi connectivity index (χ3n) is 4.59. The fraction of sp³-hybridized carbons (Fsp3) is 0.174. The van der Waals surface area contributed by atoms with Crippen molar-refractivity contribution in [1.29, 1.82) is 0 Å². The molecule has 1 heterocycles. The zero-order chi connectivity index (χ0) is 23.3. The number of methoxy groups -OCH3 is 1. The van der Waals surface area contributed by atoms with E-state index in [1.54, 1.807) is 41.9 Å². The van der Waals surface area contributed by atoms with Gasteiger partial charge >= 0.3 is 5.97 Å². The Kier molecular flexibility index (Phi) is 7.27. The maximum atomic E-state index is 13.2. The zero-order valence-electron chi connectivity index (χ0n) is 17.7. The number of hydrogen-bond acceptors (Lipinski definition) is 5. The van der Waals surface area contributed by atoms with E-state index in [2.05, 4.69) is 10.4 Å². The van der Waals surface area contributed by atoms with Gasteiger partial charge in [0, 0.05) is 22.4 Å². The summed E-state index contributed by atoms with van der Waals surface area (Å²) in [5, 5.41) is 7.45. The lowest BCUT2D eigenvalue weighted by atomic mass is 10.2. The second-order valence-corrected chi connectivity index (χ2v) is 7.24. The predicted molar refractivity (Wildman–Crippen MR) is 120 cm³/mol. The molecule has 7 nitrogen and oxygen atoms in total. The number of rotatable bonds is 7. The number of aromatic nitrogens is 2. The third-order valence-corrected chi connectivity index (χ3v) is 4.82. The first-order valence-electron chi connectivity index (χ1n) is 9.59. The van der Waals surface area contributed by atoms with Gasteiger partial charge in [-0.25, -0.2) is 13.9 Å². The van der Waals surface area contributed by atoms with Crippen LogP contribution in [0.5, 0.6) is 5.75 Å². The zero-order valence-corrected chi connectivity index (χ0v) is 18.4. The monoisotopic (exact) mass is 457 g/mol. The van der Waals surface area contributed by atoms with Crippen molar-refractivity contribution in [3.05, 3.63) is 76.3 Å². The molecule has 0 aliphatic carbocycles. The van der Waals surface area contributed by atoms with Crippen LogP contribution in [-0.2, 0) is 14.3 Å². The lowest BCUT2D eigenvalue weighted by Gasteiger charge is -2.10. The Bertz CT molecular complexity index is 1170. The summed E-state index contributed by atoms with van der Waals surface area (Å²) >= 11 is 5.93. The fourth-order valence-electron chi connectivity index (χ4n) is 3.03. The standard InChI is InChI=1S/C23H21ClFN3O4/c1-14-19(15(2)28(27-14)18-7-5-17(25)6-8-18)9-11-23(30)32-13-22(29)26-20-12-16(24)4-10-21(20)31-3/h4-12H,13H2,1-3H3,(H,26,29)/b11-9+. The minimum Gasteiger partial charge on any atom is -0.495 e. The summed E-state index contributed by atoms with van der Waals surface area (Å²) in [6.07, 6.45) is 2.79. The number of aryl methyl sites for hydroxylation is 1. The van der Waals surface area contributed by atoms with E-state index in [-0.39, 0.29) is 5.82 Å². The minimum atomic E-state index is -0.688. The number of esters is 1. The van der Waals surface area contributed by atoms with Gasteiger partial charge in [-0.3, -0.25) is 4.79 Å². The van der Waals surface area contributed by atoms with Crippen molar-refractivity contribution >= 4 is 35.2 Å². The van der Waals surface area contributed by atoms with Crippen LogP contribution in [0.1, 0.15) is 17.0 Å². The van der Waals surface area contributed by atoms with Gasteiger partial charge in [0.05, 0.1) is 24.2 Å². The van der Waals surface area contributed by atoms with Gasteiger partial charge in [0.2, 0.25) is 0 Å². The Balaban J connectivity index is 1.62. The Hall–Kier alpha value is -3.65. The van der Waals surface area contributed by atoms with E-state index >= 15 is 0 Å². The van der Waals surface area contributed by atoms with Crippen LogP contribution >= 0.6 is 11.6 Å². The molecule has 3 rings (SSSR count). The lowest BCUT2D eigenvalue weighted by Crippen LogP contribution is -2.20. The van der Waals surface area contributed by atoms with Crippen molar-refractivity contribution in [3.8, 4) is 11.4 Å². The molecule has 32 heavy (non-hydrogen) atoms. The topological polar surface area (TPSA) is 82.4 Å². The molecule has 0 atom stereocenters. The van der Waals surface area contributed by atoms with Crippen molar-refractivity contribution in [3.63, 3.8) is 0 Å². The molecule has 0 fully saturated rings. The molecule has 0 aliphatic heterocycles. The average molecular weight is 458 g/mol. The maximum absolute atomic E-state index is 13.2. The predicted octanol–water partition coefficient (Wildman–Crippen LogP) is 4.49. The van der Waals surface area contributed by atoms with Gasteiger partial charge in [-0.05, 0) is 62.4 Å². The van der Waals surface area contributed by atoms with E-state index in [4.69, 9.17) is 21.1 Å². The van der Waals surface area contributed by atoms with Crippen molar-refractivity contribution in [1.82, 2.24) is 9.78 Å². The molecular formula is C23H21ClFN3O4. The molecule has 0 unspecified atom stereocenters. The van der Waals surface area contributed by atoms with E-state index in [1.165, 1.54) is 31.4 Å². The highest BCUT2D eigenvalue weighted by Gasteiger charge is 2.13. The Morgan fingerprint density at radius 3 is 2.59 bits per heavy atom. The summed E-state index contributed by atoms with van der Waals surface area (Å²) in [7, 11) is 1.46. The number of carbonyl (C=O) groups is 2. The summed E-state index contributed by atoms with van der Waals surface area (Å²) in [6, 6.07) is 10.7. The molecule has 0 saturated carbocycles. The van der Waals surface area contributed by atoms with Gasteiger partial charge < -0.3 is 14.8 Å². The Labute approximate surface area is 189 Å². The highest BCUT2D eigenvalue weighted by atomic mass is 35.5. The van der Waals surface area contributed by atoms with Crippen LogP contribution in [0, 0.1) is 19.7 Å². The van der Waals surface area contributed by atoms with Crippen molar-refractivity contribution in [2.24, 2.45) is 0 Å². The van der Waals surface area contributed by atoms with Crippen LogP contribution in [0.4, 0.5) is 10.1 Å². The fourth-order valence-corrected chi connectivity index (χ4v) is 3.20. The number of carbonyl (C=O) groups excluding carboxylic acids is 2. The average Bonchev–Trinajstić information content (AvgIpc) is 3.05. The van der Waals surface area contributed by atoms with Gasteiger partial charge in [-0.1, -0.05) is 11.6 Å². The van der Waals surface area contributed by atoms with Crippen molar-refractivity contribution in [2.45, 2.75) is 13.8 Å². The minimum absolute atomic E-state index is 0.337. The van der Waals surface area contributed by atoms with E-state index in [9.17, 15) is 14.0 Å². The van der Waals surface area contributed by atoms with Gasteiger partial charge in [0.25, 0.3) is 5.91 Å². The van der Waals surface area contributed by atoms with E-state index in [0.29, 0.717) is 27.8 Å². The molecule has 166 valence electrons. The van der Waals surface area contributed by atoms with Gasteiger partial charge in [0.15, 0.2) is 6.61 Å². The van der Waals surface area contributed by atoms with E-state index in [1.807, 2.05) is 6.92 Å². The van der Waals surface area contributed by atoms with Gasteiger partial charge in [-0.2, -0.15) is 5.10 Å². The van der Waals surface area contributed by atoms with Crippen LogP contribution in [0.2, 0.25) is 5.02 Å². The molecule has 0 saturated heterocycles. The molecule has 1 aromatic heterocycles. The number of benzene rings is 2. The Morgan fingerprint density at radius 2 is 1.91 bits per heavy atom. The third kappa shape index (κ3) is 5.53. The first-order valence-corrected chi connectivity index (χ1v) is 9.96. The largest absolute Gasteiger partial charge is 0.495 e. The van der Waals surface area contributed by atoms with Crippen LogP contribution in [0.15, 0.2) is 48.5 Å². The molecule has 3 aromatic rings. The molecule has 0 radical (unpaired) electrons. The summed E-state index contributed by atoms with van der Waals surface area (Å²) in [5.74, 6) is -1.13. The molecule has 1 amide bonds.